The zero-order chi connectivity index (χ0) is 21.0. The van der Waals surface area contributed by atoms with Gasteiger partial charge in [0.1, 0.15) is 5.54 Å². The molecule has 1 aliphatic heterocycles. The van der Waals surface area contributed by atoms with Crippen molar-refractivity contribution in [1.29, 1.82) is 5.41 Å². The number of rotatable bonds is 7. The number of nitrogens with zero attached hydrogens (tertiary/aromatic N) is 1. The number of carbonyl (C=O) groups is 1. The molecule has 3 aliphatic rings. The van der Waals surface area contributed by atoms with Crippen LogP contribution in [0.25, 0.3) is 0 Å². The molecule has 4 rings (SSSR count). The number of hydrogen-bond acceptors (Lipinski definition) is 2. The van der Waals surface area contributed by atoms with Gasteiger partial charge in [0.2, 0.25) is 0 Å². The number of amides is 1. The molecule has 0 radical (unpaired) electrons. The molecule has 2 atom stereocenters. The summed E-state index contributed by atoms with van der Waals surface area (Å²) in [6.07, 6.45) is 16.0. The second-order valence-corrected chi connectivity index (χ2v) is 10.1. The molecule has 1 amide bonds. The van der Waals surface area contributed by atoms with Crippen molar-refractivity contribution in [3.05, 3.63) is 35.9 Å². The summed E-state index contributed by atoms with van der Waals surface area (Å²) in [7, 11) is 0. The van der Waals surface area contributed by atoms with Crippen LogP contribution in [0.1, 0.15) is 102 Å². The van der Waals surface area contributed by atoms with Gasteiger partial charge in [0.15, 0.2) is 5.96 Å². The van der Waals surface area contributed by atoms with Gasteiger partial charge < -0.3 is 5.32 Å². The summed E-state index contributed by atoms with van der Waals surface area (Å²) >= 11 is 0. The third kappa shape index (κ3) is 4.58. The Labute approximate surface area is 182 Å². The third-order valence-corrected chi connectivity index (χ3v) is 7.96. The molecule has 3 fully saturated rings. The quantitative estimate of drug-likeness (QED) is 0.564. The fourth-order valence-corrected chi connectivity index (χ4v) is 6.14. The molecule has 1 aromatic carbocycles. The average Bonchev–Trinajstić information content (AvgIpc) is 3.03. The van der Waals surface area contributed by atoms with Gasteiger partial charge in [-0.05, 0) is 43.6 Å². The summed E-state index contributed by atoms with van der Waals surface area (Å²) in [6, 6.07) is 10.1. The van der Waals surface area contributed by atoms with Gasteiger partial charge >= 0.3 is 0 Å². The smallest absolute Gasteiger partial charge is 0.255 e. The number of guanidine groups is 1. The predicted molar refractivity (Wildman–Crippen MR) is 122 cm³/mol. The zero-order valence-electron chi connectivity index (χ0n) is 18.7. The SMILES string of the molecule is C[C@H](c1ccccc1)N1C(=N)N[C@](CCC2CCCCC2)(CC2CCCCC2)C1=O. The summed E-state index contributed by atoms with van der Waals surface area (Å²) < 4.78 is 0. The molecule has 0 unspecified atom stereocenters. The molecule has 4 nitrogen and oxygen atoms in total. The fraction of sp³-hybridized carbons (Fsp3) is 0.692. The van der Waals surface area contributed by atoms with Crippen LogP contribution in [-0.2, 0) is 4.79 Å². The summed E-state index contributed by atoms with van der Waals surface area (Å²) in [5.74, 6) is 1.81. The molecular weight excluding hydrogens is 370 g/mol. The highest BCUT2D eigenvalue weighted by atomic mass is 16.2. The van der Waals surface area contributed by atoms with E-state index in [1.807, 2.05) is 18.2 Å². The maximum Gasteiger partial charge on any atom is 0.255 e. The van der Waals surface area contributed by atoms with Gasteiger partial charge in [-0.1, -0.05) is 94.5 Å². The summed E-state index contributed by atoms with van der Waals surface area (Å²) in [4.78, 5) is 15.7. The lowest BCUT2D eigenvalue weighted by atomic mass is 9.75. The Kier molecular flexibility index (Phi) is 6.80. The molecule has 2 N–H and O–H groups in total. The summed E-state index contributed by atoms with van der Waals surface area (Å²) in [5.41, 5.74) is 0.526. The Balaban J connectivity index is 1.54. The first-order valence-corrected chi connectivity index (χ1v) is 12.3. The van der Waals surface area contributed by atoms with E-state index in [9.17, 15) is 4.79 Å². The van der Waals surface area contributed by atoms with Crippen LogP contribution in [0.4, 0.5) is 0 Å². The Morgan fingerprint density at radius 2 is 1.60 bits per heavy atom. The zero-order valence-corrected chi connectivity index (χ0v) is 18.7. The van der Waals surface area contributed by atoms with Crippen molar-refractivity contribution in [2.45, 2.75) is 102 Å². The Morgan fingerprint density at radius 3 is 2.23 bits per heavy atom. The van der Waals surface area contributed by atoms with E-state index < -0.39 is 5.54 Å². The molecule has 0 aromatic heterocycles. The molecule has 30 heavy (non-hydrogen) atoms. The number of nitrogens with one attached hydrogen (secondary N) is 2. The van der Waals surface area contributed by atoms with Gasteiger partial charge in [-0.2, -0.15) is 0 Å². The van der Waals surface area contributed by atoms with Gasteiger partial charge in [0.25, 0.3) is 5.91 Å². The number of benzene rings is 1. The largest absolute Gasteiger partial charge is 0.342 e. The minimum Gasteiger partial charge on any atom is -0.342 e. The first-order valence-electron chi connectivity index (χ1n) is 12.3. The van der Waals surface area contributed by atoms with Gasteiger partial charge in [-0.3, -0.25) is 15.1 Å². The molecule has 2 saturated carbocycles. The molecule has 2 aliphatic carbocycles. The first-order chi connectivity index (χ1) is 14.6. The van der Waals surface area contributed by atoms with E-state index in [1.165, 1.54) is 64.2 Å². The number of carbonyl (C=O) groups excluding carboxylic acids is 1. The second-order valence-electron chi connectivity index (χ2n) is 10.1. The van der Waals surface area contributed by atoms with Crippen molar-refractivity contribution >= 4 is 11.9 Å². The van der Waals surface area contributed by atoms with Crippen molar-refractivity contribution in [1.82, 2.24) is 10.2 Å². The van der Waals surface area contributed by atoms with Crippen molar-refractivity contribution < 1.29 is 4.79 Å². The minimum atomic E-state index is -0.570. The lowest BCUT2D eigenvalue weighted by Crippen LogP contribution is -2.49. The lowest BCUT2D eigenvalue weighted by molar-refractivity contribution is -0.133. The summed E-state index contributed by atoms with van der Waals surface area (Å²) in [5, 5.41) is 12.2. The first kappa shape index (κ1) is 21.4. The minimum absolute atomic E-state index is 0.110. The maximum absolute atomic E-state index is 13.9. The standard InChI is InChI=1S/C26H39N3O/c1-20(23-15-9-4-10-16-23)29-24(30)26(28-25(29)27,19-22-13-7-3-8-14-22)18-17-21-11-5-2-6-12-21/h4,9-10,15-16,20-22H,2-3,5-8,11-14,17-19H2,1H3,(H2,27,28)/t20-,26-/m1/s1. The van der Waals surface area contributed by atoms with Gasteiger partial charge in [-0.25, -0.2) is 0 Å². The number of hydrogen-bond donors (Lipinski definition) is 2. The molecule has 164 valence electrons. The monoisotopic (exact) mass is 409 g/mol. The van der Waals surface area contributed by atoms with Gasteiger partial charge in [0.05, 0.1) is 6.04 Å². The van der Waals surface area contributed by atoms with E-state index in [1.54, 1.807) is 4.90 Å². The lowest BCUT2D eigenvalue weighted by Gasteiger charge is -2.35. The van der Waals surface area contributed by atoms with Gasteiger partial charge in [0, 0.05) is 0 Å². The third-order valence-electron chi connectivity index (χ3n) is 7.96. The van der Waals surface area contributed by atoms with Crippen LogP contribution in [0, 0.1) is 17.2 Å². The van der Waals surface area contributed by atoms with Crippen LogP contribution < -0.4 is 5.32 Å². The van der Waals surface area contributed by atoms with Crippen LogP contribution in [0.2, 0.25) is 0 Å². The van der Waals surface area contributed by atoms with E-state index in [0.717, 1.165) is 30.7 Å². The highest BCUT2D eigenvalue weighted by Gasteiger charge is 2.51. The normalized spacial score (nSPS) is 27.3. The highest BCUT2D eigenvalue weighted by Crippen LogP contribution is 2.40. The van der Waals surface area contributed by atoms with Crippen molar-refractivity contribution in [3.8, 4) is 0 Å². The molecule has 1 heterocycles. The van der Waals surface area contributed by atoms with E-state index in [4.69, 9.17) is 5.41 Å². The van der Waals surface area contributed by atoms with Gasteiger partial charge in [-0.15, -0.1) is 0 Å². The highest BCUT2D eigenvalue weighted by molar-refractivity contribution is 6.08. The van der Waals surface area contributed by atoms with E-state index >= 15 is 0 Å². The van der Waals surface area contributed by atoms with Crippen LogP contribution in [0.15, 0.2) is 30.3 Å². The molecule has 0 bridgehead atoms. The van der Waals surface area contributed by atoms with E-state index in [2.05, 4.69) is 24.4 Å². The predicted octanol–water partition coefficient (Wildman–Crippen LogP) is 6.18. The van der Waals surface area contributed by atoms with Crippen LogP contribution in [0.5, 0.6) is 0 Å². The fourth-order valence-electron chi connectivity index (χ4n) is 6.14. The molecule has 4 heteroatoms. The molecule has 1 saturated heterocycles. The van der Waals surface area contributed by atoms with E-state index in [-0.39, 0.29) is 11.9 Å². The molecule has 0 spiro atoms. The van der Waals surface area contributed by atoms with Crippen LogP contribution >= 0.6 is 0 Å². The van der Waals surface area contributed by atoms with Crippen LogP contribution in [0.3, 0.4) is 0 Å². The molecular formula is C26H39N3O. The topological polar surface area (TPSA) is 56.2 Å². The summed E-state index contributed by atoms with van der Waals surface area (Å²) in [6.45, 7) is 2.06. The average molecular weight is 410 g/mol. The van der Waals surface area contributed by atoms with Crippen molar-refractivity contribution in [3.63, 3.8) is 0 Å². The van der Waals surface area contributed by atoms with Crippen molar-refractivity contribution in [2.24, 2.45) is 11.8 Å². The molecule has 1 aromatic rings. The van der Waals surface area contributed by atoms with Crippen LogP contribution in [-0.4, -0.2) is 22.3 Å². The Hall–Kier alpha value is -1.84. The Morgan fingerprint density at radius 1 is 1.00 bits per heavy atom. The maximum atomic E-state index is 13.9. The Bertz CT molecular complexity index is 721. The van der Waals surface area contributed by atoms with E-state index in [0.29, 0.717) is 11.9 Å². The van der Waals surface area contributed by atoms with Crippen molar-refractivity contribution in [2.75, 3.05) is 0 Å². The second kappa shape index (κ2) is 9.53.